The van der Waals surface area contributed by atoms with Crippen molar-refractivity contribution in [1.29, 1.82) is 0 Å². The molecular weight excluding hydrogens is 268 g/mol. The zero-order chi connectivity index (χ0) is 15.2. The van der Waals surface area contributed by atoms with Gasteiger partial charge in [0.05, 0.1) is 6.04 Å². The summed E-state index contributed by atoms with van der Waals surface area (Å²) < 4.78 is 10.3. The van der Waals surface area contributed by atoms with Crippen LogP contribution in [-0.4, -0.2) is 37.4 Å². The lowest BCUT2D eigenvalue weighted by Gasteiger charge is -2.22. The molecule has 114 valence electrons. The lowest BCUT2D eigenvalue weighted by molar-refractivity contribution is -0.135. The number of benzene rings is 1. The van der Waals surface area contributed by atoms with Gasteiger partial charge in [-0.25, -0.2) is 0 Å². The molecule has 0 aliphatic heterocycles. The number of aryl methyl sites for hydroxylation is 1. The maximum atomic E-state index is 12.0. The summed E-state index contributed by atoms with van der Waals surface area (Å²) in [6.07, 6.45) is 2.68. The van der Waals surface area contributed by atoms with Crippen molar-refractivity contribution in [2.75, 3.05) is 14.2 Å². The molecule has 0 radical (unpaired) electrons. The quantitative estimate of drug-likeness (QED) is 0.769. The van der Waals surface area contributed by atoms with Gasteiger partial charge in [-0.2, -0.15) is 0 Å². The van der Waals surface area contributed by atoms with Crippen LogP contribution < -0.4 is 5.32 Å². The van der Waals surface area contributed by atoms with Crippen LogP contribution in [0.5, 0.6) is 0 Å². The molecule has 2 rings (SSSR count). The Balaban J connectivity index is 1.89. The van der Waals surface area contributed by atoms with Gasteiger partial charge in [-0.05, 0) is 25.0 Å². The fourth-order valence-corrected chi connectivity index (χ4v) is 2.49. The van der Waals surface area contributed by atoms with Gasteiger partial charge in [-0.3, -0.25) is 4.79 Å². The number of hydrogen-bond donors (Lipinski definition) is 2. The Morgan fingerprint density at radius 1 is 1.29 bits per heavy atom. The van der Waals surface area contributed by atoms with Gasteiger partial charge >= 0.3 is 0 Å². The smallest absolute Gasteiger partial charge is 0.220 e. The van der Waals surface area contributed by atoms with Gasteiger partial charge in [0.15, 0.2) is 6.29 Å². The summed E-state index contributed by atoms with van der Waals surface area (Å²) in [5.41, 5.74) is 2.25. The van der Waals surface area contributed by atoms with Crippen LogP contribution in [0.15, 0.2) is 30.5 Å². The van der Waals surface area contributed by atoms with E-state index in [1.165, 1.54) is 5.39 Å². The summed E-state index contributed by atoms with van der Waals surface area (Å²) in [6.45, 7) is 1.86. The number of hydrogen-bond acceptors (Lipinski definition) is 3. The third-order valence-corrected chi connectivity index (χ3v) is 3.56. The Labute approximate surface area is 124 Å². The van der Waals surface area contributed by atoms with E-state index in [4.69, 9.17) is 9.47 Å². The molecule has 5 nitrogen and oxygen atoms in total. The van der Waals surface area contributed by atoms with Crippen LogP contribution in [0, 0.1) is 0 Å². The van der Waals surface area contributed by atoms with E-state index in [0.717, 1.165) is 11.1 Å². The Hall–Kier alpha value is -1.85. The fourth-order valence-electron chi connectivity index (χ4n) is 2.49. The summed E-state index contributed by atoms with van der Waals surface area (Å²) in [5.74, 6) is -0.00752. The van der Waals surface area contributed by atoms with E-state index >= 15 is 0 Å². The minimum Gasteiger partial charge on any atom is -0.361 e. The van der Waals surface area contributed by atoms with Crippen molar-refractivity contribution in [3.8, 4) is 0 Å². The first-order valence-electron chi connectivity index (χ1n) is 7.05. The van der Waals surface area contributed by atoms with Crippen LogP contribution in [0.4, 0.5) is 0 Å². The molecule has 2 N–H and O–H groups in total. The number of fused-ring (bicyclic) bond motifs is 1. The van der Waals surface area contributed by atoms with E-state index in [0.29, 0.717) is 12.8 Å². The lowest BCUT2D eigenvalue weighted by Crippen LogP contribution is -2.43. The minimum atomic E-state index is -0.429. The van der Waals surface area contributed by atoms with Crippen LogP contribution in [-0.2, 0) is 20.7 Å². The number of methoxy groups -OCH3 is 2. The molecule has 1 aromatic heterocycles. The van der Waals surface area contributed by atoms with Crippen LogP contribution in [0.1, 0.15) is 18.9 Å². The molecule has 0 spiro atoms. The highest BCUT2D eigenvalue weighted by molar-refractivity contribution is 5.84. The Bertz CT molecular complexity index is 590. The summed E-state index contributed by atoms with van der Waals surface area (Å²) in [4.78, 5) is 15.2. The number of aromatic nitrogens is 1. The molecule has 1 unspecified atom stereocenters. The summed E-state index contributed by atoms with van der Waals surface area (Å²) in [6, 6.07) is 7.91. The van der Waals surface area contributed by atoms with Gasteiger partial charge in [0.1, 0.15) is 0 Å². The number of rotatable bonds is 7. The first-order valence-corrected chi connectivity index (χ1v) is 7.05. The molecule has 1 aromatic carbocycles. The van der Waals surface area contributed by atoms with Gasteiger partial charge < -0.3 is 19.8 Å². The van der Waals surface area contributed by atoms with E-state index < -0.39 is 6.29 Å². The molecule has 0 saturated heterocycles. The Morgan fingerprint density at radius 2 is 2.00 bits per heavy atom. The van der Waals surface area contributed by atoms with E-state index in [9.17, 15) is 4.79 Å². The predicted molar refractivity (Wildman–Crippen MR) is 82.0 cm³/mol. The molecule has 21 heavy (non-hydrogen) atoms. The van der Waals surface area contributed by atoms with Gasteiger partial charge in [-0.15, -0.1) is 0 Å². The Morgan fingerprint density at radius 3 is 2.71 bits per heavy atom. The molecule has 1 heterocycles. The van der Waals surface area contributed by atoms with E-state index in [1.807, 2.05) is 31.3 Å². The lowest BCUT2D eigenvalue weighted by atomic mass is 10.1. The maximum Gasteiger partial charge on any atom is 0.220 e. The van der Waals surface area contributed by atoms with Crippen molar-refractivity contribution in [1.82, 2.24) is 10.3 Å². The molecule has 0 aliphatic rings. The second kappa shape index (κ2) is 7.24. The molecule has 0 fully saturated rings. The molecule has 1 atom stereocenters. The topological polar surface area (TPSA) is 63.4 Å². The highest BCUT2D eigenvalue weighted by atomic mass is 16.7. The first-order chi connectivity index (χ1) is 10.2. The van der Waals surface area contributed by atoms with Crippen molar-refractivity contribution in [3.05, 3.63) is 36.0 Å². The SMILES string of the molecule is COC(OC)C(C)NC(=O)CCc1c[nH]c2ccccc12. The molecular formula is C16H22N2O3. The fraction of sp³-hybridized carbons (Fsp3) is 0.438. The van der Waals surface area contributed by atoms with Gasteiger partial charge in [0.2, 0.25) is 5.91 Å². The molecule has 0 aliphatic carbocycles. The van der Waals surface area contributed by atoms with E-state index in [1.54, 1.807) is 14.2 Å². The Kier molecular flexibility index (Phi) is 5.36. The standard InChI is InChI=1S/C16H22N2O3/c1-11(16(20-2)21-3)18-15(19)9-8-12-10-17-14-7-5-4-6-13(12)14/h4-7,10-11,16-17H,8-9H2,1-3H3,(H,18,19). The van der Waals surface area contributed by atoms with Gasteiger partial charge in [-0.1, -0.05) is 18.2 Å². The second-order valence-corrected chi connectivity index (χ2v) is 5.06. The summed E-state index contributed by atoms with van der Waals surface area (Å²) >= 11 is 0. The molecule has 5 heteroatoms. The number of carbonyl (C=O) groups excluding carboxylic acids is 1. The average Bonchev–Trinajstić information content (AvgIpc) is 2.89. The highest BCUT2D eigenvalue weighted by Crippen LogP contribution is 2.18. The number of H-pyrrole nitrogens is 1. The molecule has 0 bridgehead atoms. The normalized spacial score (nSPS) is 12.8. The molecule has 2 aromatic rings. The van der Waals surface area contributed by atoms with Crippen LogP contribution >= 0.6 is 0 Å². The number of ether oxygens (including phenoxy) is 2. The van der Waals surface area contributed by atoms with Crippen molar-refractivity contribution in [2.24, 2.45) is 0 Å². The van der Waals surface area contributed by atoms with Gasteiger partial charge in [0.25, 0.3) is 0 Å². The zero-order valence-corrected chi connectivity index (χ0v) is 12.7. The average molecular weight is 290 g/mol. The largest absolute Gasteiger partial charge is 0.361 e. The third kappa shape index (κ3) is 3.83. The number of carbonyl (C=O) groups is 1. The van der Waals surface area contributed by atoms with Crippen LogP contribution in [0.3, 0.4) is 0 Å². The summed E-state index contributed by atoms with van der Waals surface area (Å²) in [7, 11) is 3.12. The number of amides is 1. The van der Waals surface area contributed by atoms with Crippen molar-refractivity contribution < 1.29 is 14.3 Å². The zero-order valence-electron chi connectivity index (χ0n) is 12.7. The van der Waals surface area contributed by atoms with Crippen molar-refractivity contribution >= 4 is 16.8 Å². The molecule has 0 saturated carbocycles. The number of nitrogens with one attached hydrogen (secondary N) is 2. The van der Waals surface area contributed by atoms with E-state index in [-0.39, 0.29) is 11.9 Å². The maximum absolute atomic E-state index is 12.0. The number of aromatic amines is 1. The van der Waals surface area contributed by atoms with Crippen LogP contribution in [0.25, 0.3) is 10.9 Å². The summed E-state index contributed by atoms with van der Waals surface area (Å²) in [5, 5.41) is 4.06. The predicted octanol–water partition coefficient (Wildman–Crippen LogP) is 2.22. The molecule has 1 amide bonds. The number of para-hydroxylation sites is 1. The van der Waals surface area contributed by atoms with Gasteiger partial charge in [0, 0.05) is 37.7 Å². The highest BCUT2D eigenvalue weighted by Gasteiger charge is 2.17. The van der Waals surface area contributed by atoms with Crippen molar-refractivity contribution in [3.63, 3.8) is 0 Å². The minimum absolute atomic E-state index is 0.00752. The van der Waals surface area contributed by atoms with E-state index in [2.05, 4.69) is 16.4 Å². The van der Waals surface area contributed by atoms with Crippen LogP contribution in [0.2, 0.25) is 0 Å². The first kappa shape index (κ1) is 15.5. The third-order valence-electron chi connectivity index (χ3n) is 3.56. The second-order valence-electron chi connectivity index (χ2n) is 5.06. The monoisotopic (exact) mass is 290 g/mol. The van der Waals surface area contributed by atoms with Crippen molar-refractivity contribution in [2.45, 2.75) is 32.1 Å².